The van der Waals surface area contributed by atoms with E-state index in [2.05, 4.69) is 25.1 Å². The minimum absolute atomic E-state index is 0.0769. The molecule has 4 aromatic heterocycles. The number of hydrogen-bond donors (Lipinski definition) is 1. The number of hydrogen-bond acceptors (Lipinski definition) is 7. The second-order valence-corrected chi connectivity index (χ2v) is 7.21. The third-order valence-corrected chi connectivity index (χ3v) is 5.44. The first-order chi connectivity index (χ1) is 12.3. The summed E-state index contributed by atoms with van der Waals surface area (Å²) in [6.07, 6.45) is 1.73. The smallest absolute Gasteiger partial charge is 0.258 e. The van der Waals surface area contributed by atoms with Gasteiger partial charge in [-0.15, -0.1) is 21.5 Å². The van der Waals surface area contributed by atoms with Gasteiger partial charge in [-0.2, -0.15) is 0 Å². The molecule has 0 unspecified atom stereocenters. The summed E-state index contributed by atoms with van der Waals surface area (Å²) in [6, 6.07) is 9.45. The standard InChI is InChI=1S/C16H10N6OS2/c23-12-7-9(17-16-22(12)5-6-24-16)8-25-15-19-14-13(20-21-15)10-3-1-2-4-11(10)18-14/h1-7H,8H2,(H,18,19,21). The van der Waals surface area contributed by atoms with Crippen LogP contribution in [0.15, 0.2) is 51.9 Å². The number of nitrogens with one attached hydrogen (secondary N) is 1. The van der Waals surface area contributed by atoms with Crippen molar-refractivity contribution in [2.75, 3.05) is 0 Å². The highest BCUT2D eigenvalue weighted by atomic mass is 32.2. The van der Waals surface area contributed by atoms with E-state index >= 15 is 0 Å². The van der Waals surface area contributed by atoms with Crippen LogP contribution in [0.2, 0.25) is 0 Å². The molecule has 1 aromatic carbocycles. The predicted molar refractivity (Wildman–Crippen MR) is 98.1 cm³/mol. The molecule has 0 fully saturated rings. The zero-order valence-electron chi connectivity index (χ0n) is 12.7. The van der Waals surface area contributed by atoms with E-state index in [9.17, 15) is 4.79 Å². The fourth-order valence-corrected chi connectivity index (χ4v) is 4.09. The van der Waals surface area contributed by atoms with Crippen molar-refractivity contribution in [2.24, 2.45) is 0 Å². The number of rotatable bonds is 3. The normalized spacial score (nSPS) is 11.7. The molecule has 5 aromatic rings. The molecular formula is C16H10N6OS2. The number of fused-ring (bicyclic) bond motifs is 4. The second kappa shape index (κ2) is 5.64. The third kappa shape index (κ3) is 2.48. The Bertz CT molecular complexity index is 1290. The number of thioether (sulfide) groups is 1. The lowest BCUT2D eigenvalue weighted by Gasteiger charge is -2.00. The Morgan fingerprint density at radius 2 is 2.12 bits per heavy atom. The molecule has 25 heavy (non-hydrogen) atoms. The molecule has 0 atom stereocenters. The van der Waals surface area contributed by atoms with Gasteiger partial charge in [0.25, 0.3) is 5.56 Å². The molecule has 9 heteroatoms. The summed E-state index contributed by atoms with van der Waals surface area (Å²) < 4.78 is 1.54. The molecule has 0 radical (unpaired) electrons. The van der Waals surface area contributed by atoms with E-state index in [1.165, 1.54) is 27.5 Å². The maximum atomic E-state index is 12.0. The van der Waals surface area contributed by atoms with E-state index in [4.69, 9.17) is 0 Å². The molecule has 5 rings (SSSR count). The quantitative estimate of drug-likeness (QED) is 0.494. The van der Waals surface area contributed by atoms with Crippen LogP contribution in [0.3, 0.4) is 0 Å². The maximum absolute atomic E-state index is 12.0. The fraction of sp³-hybridized carbons (Fsp3) is 0.0625. The van der Waals surface area contributed by atoms with Crippen molar-refractivity contribution in [1.29, 1.82) is 0 Å². The Balaban J connectivity index is 1.46. The molecule has 0 aliphatic heterocycles. The van der Waals surface area contributed by atoms with Crippen LogP contribution in [-0.2, 0) is 5.75 Å². The molecule has 1 N–H and O–H groups in total. The maximum Gasteiger partial charge on any atom is 0.258 e. The van der Waals surface area contributed by atoms with E-state index in [1.54, 1.807) is 12.3 Å². The molecule has 0 spiro atoms. The molecule has 4 heterocycles. The second-order valence-electron chi connectivity index (χ2n) is 5.39. The Morgan fingerprint density at radius 1 is 1.20 bits per heavy atom. The van der Waals surface area contributed by atoms with Crippen LogP contribution in [0.4, 0.5) is 0 Å². The van der Waals surface area contributed by atoms with Gasteiger partial charge in [-0.05, 0) is 6.07 Å². The van der Waals surface area contributed by atoms with Crippen molar-refractivity contribution < 1.29 is 0 Å². The van der Waals surface area contributed by atoms with Gasteiger partial charge < -0.3 is 4.98 Å². The minimum Gasteiger partial charge on any atom is -0.338 e. The number of aromatic amines is 1. The number of benzene rings is 1. The lowest BCUT2D eigenvalue weighted by atomic mass is 10.2. The number of thiazole rings is 1. The Morgan fingerprint density at radius 3 is 3.08 bits per heavy atom. The van der Waals surface area contributed by atoms with Crippen molar-refractivity contribution in [3.8, 4) is 0 Å². The summed E-state index contributed by atoms with van der Waals surface area (Å²) >= 11 is 2.84. The van der Waals surface area contributed by atoms with Gasteiger partial charge in [-0.3, -0.25) is 9.20 Å². The lowest BCUT2D eigenvalue weighted by molar-refractivity contribution is 0.877. The van der Waals surface area contributed by atoms with Crippen LogP contribution < -0.4 is 5.56 Å². The average molecular weight is 366 g/mol. The van der Waals surface area contributed by atoms with Crippen LogP contribution in [0.1, 0.15) is 5.69 Å². The molecule has 0 bridgehead atoms. The van der Waals surface area contributed by atoms with Crippen LogP contribution in [0, 0.1) is 0 Å². The highest BCUT2D eigenvalue weighted by Gasteiger charge is 2.10. The monoisotopic (exact) mass is 366 g/mol. The molecule has 122 valence electrons. The van der Waals surface area contributed by atoms with Crippen molar-refractivity contribution in [3.05, 3.63) is 58.0 Å². The highest BCUT2D eigenvalue weighted by molar-refractivity contribution is 7.98. The Kier molecular flexibility index (Phi) is 3.28. The van der Waals surface area contributed by atoms with Crippen molar-refractivity contribution in [3.63, 3.8) is 0 Å². The zero-order valence-corrected chi connectivity index (χ0v) is 14.3. The molecule has 0 amide bonds. The van der Waals surface area contributed by atoms with Crippen molar-refractivity contribution in [2.45, 2.75) is 10.9 Å². The Hall–Kier alpha value is -2.78. The van der Waals surface area contributed by atoms with E-state index in [1.807, 2.05) is 29.6 Å². The summed E-state index contributed by atoms with van der Waals surface area (Å²) in [5.74, 6) is 0.511. The molecule has 7 nitrogen and oxygen atoms in total. The summed E-state index contributed by atoms with van der Waals surface area (Å²) in [6.45, 7) is 0. The van der Waals surface area contributed by atoms with Crippen LogP contribution in [0.25, 0.3) is 27.0 Å². The molecule has 0 aliphatic rings. The van der Waals surface area contributed by atoms with Crippen LogP contribution in [0.5, 0.6) is 0 Å². The van der Waals surface area contributed by atoms with E-state index < -0.39 is 0 Å². The SMILES string of the molecule is O=c1cc(CSc2nnc3c(n2)[nH]c2ccccc23)nc2sccn12. The third-order valence-electron chi connectivity index (χ3n) is 3.81. The first-order valence-corrected chi connectivity index (χ1v) is 9.34. The average Bonchev–Trinajstić information content (AvgIpc) is 3.24. The van der Waals surface area contributed by atoms with Crippen LogP contribution >= 0.6 is 23.1 Å². The summed E-state index contributed by atoms with van der Waals surface area (Å²) in [4.78, 5) is 25.0. The zero-order chi connectivity index (χ0) is 16.8. The Labute approximate surface area is 148 Å². The van der Waals surface area contributed by atoms with Gasteiger partial charge in [0.2, 0.25) is 5.16 Å². The van der Waals surface area contributed by atoms with Gasteiger partial charge in [0.1, 0.15) is 5.52 Å². The predicted octanol–water partition coefficient (Wildman–Crippen LogP) is 2.87. The number of aromatic nitrogens is 6. The van der Waals surface area contributed by atoms with Gasteiger partial charge in [0.05, 0.1) is 5.69 Å². The molecular weight excluding hydrogens is 356 g/mol. The van der Waals surface area contributed by atoms with E-state index in [0.717, 1.165) is 16.4 Å². The lowest BCUT2D eigenvalue weighted by Crippen LogP contribution is -2.12. The number of H-pyrrole nitrogens is 1. The van der Waals surface area contributed by atoms with Gasteiger partial charge >= 0.3 is 0 Å². The largest absolute Gasteiger partial charge is 0.338 e. The van der Waals surface area contributed by atoms with Crippen LogP contribution in [-0.4, -0.2) is 29.5 Å². The van der Waals surface area contributed by atoms with E-state index in [0.29, 0.717) is 27.2 Å². The van der Waals surface area contributed by atoms with Gasteiger partial charge in [-0.25, -0.2) is 9.97 Å². The highest BCUT2D eigenvalue weighted by Crippen LogP contribution is 2.24. The van der Waals surface area contributed by atoms with Gasteiger partial charge in [0.15, 0.2) is 10.6 Å². The van der Waals surface area contributed by atoms with Crippen molar-refractivity contribution >= 4 is 50.1 Å². The topological polar surface area (TPSA) is 88.8 Å². The first-order valence-electron chi connectivity index (χ1n) is 7.48. The van der Waals surface area contributed by atoms with Gasteiger partial charge in [-0.1, -0.05) is 30.0 Å². The summed E-state index contributed by atoms with van der Waals surface area (Å²) in [5, 5.41) is 11.9. The van der Waals surface area contributed by atoms with E-state index in [-0.39, 0.29) is 5.56 Å². The fourth-order valence-electron chi connectivity index (χ4n) is 2.67. The minimum atomic E-state index is -0.0769. The first kappa shape index (κ1) is 14.6. The molecule has 0 saturated heterocycles. The number of para-hydroxylation sites is 1. The molecule has 0 aliphatic carbocycles. The molecule has 0 saturated carbocycles. The van der Waals surface area contributed by atoms with Crippen molar-refractivity contribution in [1.82, 2.24) is 29.5 Å². The van der Waals surface area contributed by atoms with Gasteiger partial charge in [0, 0.05) is 34.3 Å². The number of nitrogens with zero attached hydrogens (tertiary/aromatic N) is 5. The summed E-state index contributed by atoms with van der Waals surface area (Å²) in [7, 11) is 0. The summed E-state index contributed by atoms with van der Waals surface area (Å²) in [5.41, 5.74) is 3.08.